The molecule has 1 N–H and O–H groups in total. The van der Waals surface area contributed by atoms with Crippen molar-refractivity contribution in [1.82, 2.24) is 0 Å². The van der Waals surface area contributed by atoms with Crippen molar-refractivity contribution in [3.63, 3.8) is 0 Å². The van der Waals surface area contributed by atoms with Gasteiger partial charge in [0.15, 0.2) is 6.10 Å². The summed E-state index contributed by atoms with van der Waals surface area (Å²) in [4.78, 5) is 11.0. The summed E-state index contributed by atoms with van der Waals surface area (Å²) in [6.45, 7) is 4.63. The molecular weight excluding hydrogens is 376 g/mol. The zero-order valence-corrected chi connectivity index (χ0v) is 16.6. The standard InChI is InChI=1S/C18H28O8S/c1-3-23-11-12-24-13-14-25-16-9-7-15(8-10-16)5-4-6-17(18(19)20)26-27(2,21)22/h7-10,17H,3-6,11-14H2,1-2H3,(H,19,20)/t17-/m1/s1. The molecular formula is C18H28O8S. The van der Waals surface area contributed by atoms with Crippen LogP contribution in [0.5, 0.6) is 5.75 Å². The fraction of sp³-hybridized carbons (Fsp3) is 0.611. The van der Waals surface area contributed by atoms with E-state index >= 15 is 0 Å². The first-order chi connectivity index (χ1) is 12.8. The third kappa shape index (κ3) is 11.6. The van der Waals surface area contributed by atoms with Gasteiger partial charge in [-0.2, -0.15) is 8.42 Å². The van der Waals surface area contributed by atoms with E-state index in [1.165, 1.54) is 0 Å². The average Bonchev–Trinajstić information content (AvgIpc) is 2.60. The van der Waals surface area contributed by atoms with Crippen LogP contribution in [-0.2, 0) is 35.0 Å². The van der Waals surface area contributed by atoms with Crippen LogP contribution in [0.4, 0.5) is 0 Å². The highest BCUT2D eigenvalue weighted by molar-refractivity contribution is 7.86. The van der Waals surface area contributed by atoms with Gasteiger partial charge >= 0.3 is 5.97 Å². The van der Waals surface area contributed by atoms with Crippen LogP contribution in [0.15, 0.2) is 24.3 Å². The summed E-state index contributed by atoms with van der Waals surface area (Å²) in [7, 11) is -3.80. The van der Waals surface area contributed by atoms with Crippen molar-refractivity contribution in [2.75, 3.05) is 39.3 Å². The Labute approximate surface area is 160 Å². The number of hydrogen-bond donors (Lipinski definition) is 1. The van der Waals surface area contributed by atoms with Crippen molar-refractivity contribution in [2.24, 2.45) is 0 Å². The monoisotopic (exact) mass is 404 g/mol. The number of rotatable bonds is 15. The third-order valence-corrected chi connectivity index (χ3v) is 4.08. The zero-order chi connectivity index (χ0) is 20.1. The number of benzene rings is 1. The molecule has 27 heavy (non-hydrogen) atoms. The van der Waals surface area contributed by atoms with Crippen LogP contribution in [0.3, 0.4) is 0 Å². The summed E-state index contributed by atoms with van der Waals surface area (Å²) in [5.41, 5.74) is 0.999. The first-order valence-corrected chi connectivity index (χ1v) is 10.6. The van der Waals surface area contributed by atoms with Crippen molar-refractivity contribution in [3.05, 3.63) is 29.8 Å². The van der Waals surface area contributed by atoms with Gasteiger partial charge in [0, 0.05) is 6.61 Å². The molecule has 0 unspecified atom stereocenters. The molecule has 1 rings (SSSR count). The van der Waals surface area contributed by atoms with Crippen LogP contribution < -0.4 is 4.74 Å². The van der Waals surface area contributed by atoms with Crippen LogP contribution in [0.25, 0.3) is 0 Å². The van der Waals surface area contributed by atoms with Gasteiger partial charge in [0.25, 0.3) is 10.1 Å². The van der Waals surface area contributed by atoms with Crippen LogP contribution in [0.1, 0.15) is 25.3 Å². The summed E-state index contributed by atoms with van der Waals surface area (Å²) in [5, 5.41) is 9.01. The maximum Gasteiger partial charge on any atom is 0.334 e. The van der Waals surface area contributed by atoms with E-state index in [0.717, 1.165) is 17.6 Å². The molecule has 0 aliphatic rings. The van der Waals surface area contributed by atoms with Gasteiger partial charge in [-0.1, -0.05) is 12.1 Å². The maximum atomic E-state index is 11.1. The Morgan fingerprint density at radius 3 is 2.30 bits per heavy atom. The summed E-state index contributed by atoms with van der Waals surface area (Å²) in [6, 6.07) is 7.44. The van der Waals surface area contributed by atoms with Crippen LogP contribution in [0, 0.1) is 0 Å². The molecule has 0 saturated heterocycles. The van der Waals surface area contributed by atoms with Crippen molar-refractivity contribution in [3.8, 4) is 5.75 Å². The molecule has 0 aromatic heterocycles. The number of carboxylic acids is 1. The molecule has 0 amide bonds. The normalized spacial score (nSPS) is 12.7. The Morgan fingerprint density at radius 1 is 1.07 bits per heavy atom. The molecule has 0 aliphatic carbocycles. The molecule has 0 fully saturated rings. The van der Waals surface area contributed by atoms with Gasteiger partial charge in [-0.25, -0.2) is 4.79 Å². The van der Waals surface area contributed by atoms with Crippen LogP contribution in [-0.4, -0.2) is 64.9 Å². The van der Waals surface area contributed by atoms with Gasteiger partial charge in [-0.3, -0.25) is 4.18 Å². The Kier molecular flexibility index (Phi) is 11.0. The maximum absolute atomic E-state index is 11.1. The first-order valence-electron chi connectivity index (χ1n) is 8.80. The minimum Gasteiger partial charge on any atom is -0.491 e. The number of hydrogen-bond acceptors (Lipinski definition) is 7. The molecule has 154 valence electrons. The number of carbonyl (C=O) groups is 1. The molecule has 0 radical (unpaired) electrons. The highest BCUT2D eigenvalue weighted by Crippen LogP contribution is 2.15. The average molecular weight is 404 g/mol. The van der Waals surface area contributed by atoms with E-state index < -0.39 is 22.2 Å². The van der Waals surface area contributed by atoms with Gasteiger partial charge in [0.05, 0.1) is 26.1 Å². The minimum absolute atomic E-state index is 0.111. The number of aliphatic carboxylic acids is 1. The van der Waals surface area contributed by atoms with E-state index in [2.05, 4.69) is 4.18 Å². The van der Waals surface area contributed by atoms with Gasteiger partial charge in [0.1, 0.15) is 12.4 Å². The summed E-state index contributed by atoms with van der Waals surface area (Å²) in [5.74, 6) is -0.566. The SMILES string of the molecule is CCOCCOCCOc1ccc(CCC[C@@H](OS(C)(=O)=O)C(=O)O)cc1. The second-order valence-electron chi connectivity index (χ2n) is 5.82. The quantitative estimate of drug-likeness (QED) is 0.349. The Hall–Kier alpha value is -1.68. The summed E-state index contributed by atoms with van der Waals surface area (Å²) >= 11 is 0. The highest BCUT2D eigenvalue weighted by atomic mass is 32.2. The largest absolute Gasteiger partial charge is 0.491 e. The van der Waals surface area contributed by atoms with E-state index in [1.54, 1.807) is 0 Å². The summed E-state index contributed by atoms with van der Waals surface area (Å²) in [6.07, 6.45) is 0.689. The van der Waals surface area contributed by atoms with E-state index in [1.807, 2.05) is 31.2 Å². The van der Waals surface area contributed by atoms with Gasteiger partial charge in [-0.15, -0.1) is 0 Å². The first kappa shape index (κ1) is 23.4. The van der Waals surface area contributed by atoms with Crippen molar-refractivity contribution in [1.29, 1.82) is 0 Å². The van der Waals surface area contributed by atoms with E-state index in [9.17, 15) is 13.2 Å². The van der Waals surface area contributed by atoms with Crippen molar-refractivity contribution in [2.45, 2.75) is 32.3 Å². The Bertz CT molecular complexity index is 642. The molecule has 0 bridgehead atoms. The lowest BCUT2D eigenvalue weighted by molar-refractivity contribution is -0.145. The van der Waals surface area contributed by atoms with E-state index in [4.69, 9.17) is 19.3 Å². The highest BCUT2D eigenvalue weighted by Gasteiger charge is 2.22. The van der Waals surface area contributed by atoms with Crippen LogP contribution >= 0.6 is 0 Å². The fourth-order valence-corrected chi connectivity index (χ4v) is 2.85. The molecule has 1 aromatic carbocycles. The second kappa shape index (κ2) is 12.7. The van der Waals surface area contributed by atoms with Gasteiger partial charge in [-0.05, 0) is 43.9 Å². The lowest BCUT2D eigenvalue weighted by Gasteiger charge is -2.12. The Morgan fingerprint density at radius 2 is 1.70 bits per heavy atom. The molecule has 1 atom stereocenters. The number of carboxylic acid groups (broad SMARTS) is 1. The molecule has 0 heterocycles. The zero-order valence-electron chi connectivity index (χ0n) is 15.8. The van der Waals surface area contributed by atoms with E-state index in [0.29, 0.717) is 45.9 Å². The predicted octanol–water partition coefficient (Wildman–Crippen LogP) is 1.87. The van der Waals surface area contributed by atoms with Gasteiger partial charge in [0.2, 0.25) is 0 Å². The van der Waals surface area contributed by atoms with Crippen molar-refractivity contribution < 1.29 is 36.7 Å². The summed E-state index contributed by atoms with van der Waals surface area (Å²) < 4.78 is 42.8. The third-order valence-electron chi connectivity index (χ3n) is 3.49. The van der Waals surface area contributed by atoms with E-state index in [-0.39, 0.29) is 6.42 Å². The molecule has 0 aliphatic heterocycles. The molecule has 0 saturated carbocycles. The molecule has 0 spiro atoms. The number of ether oxygens (including phenoxy) is 3. The predicted molar refractivity (Wildman–Crippen MR) is 99.5 cm³/mol. The smallest absolute Gasteiger partial charge is 0.334 e. The minimum atomic E-state index is -3.80. The molecule has 9 heteroatoms. The second-order valence-corrected chi connectivity index (χ2v) is 7.42. The Balaban J connectivity index is 2.28. The topological polar surface area (TPSA) is 108 Å². The lowest BCUT2D eigenvalue weighted by atomic mass is 10.1. The van der Waals surface area contributed by atoms with Crippen molar-refractivity contribution >= 4 is 16.1 Å². The lowest BCUT2D eigenvalue weighted by Crippen LogP contribution is -2.26. The fourth-order valence-electron chi connectivity index (χ4n) is 2.25. The number of aryl methyl sites for hydroxylation is 1. The molecule has 1 aromatic rings. The van der Waals surface area contributed by atoms with Crippen LogP contribution in [0.2, 0.25) is 0 Å². The van der Waals surface area contributed by atoms with Gasteiger partial charge < -0.3 is 19.3 Å². The molecule has 8 nitrogen and oxygen atoms in total.